The van der Waals surface area contributed by atoms with Crippen molar-refractivity contribution in [2.75, 3.05) is 0 Å². The zero-order chi connectivity index (χ0) is 29.8. The van der Waals surface area contributed by atoms with Crippen molar-refractivity contribution in [2.24, 2.45) is 0 Å². The summed E-state index contributed by atoms with van der Waals surface area (Å²) in [6.45, 7) is 3.65. The summed E-state index contributed by atoms with van der Waals surface area (Å²) in [5.74, 6) is -7.23. The van der Waals surface area contributed by atoms with Crippen LogP contribution in [0.15, 0.2) is 47.5 Å². The second kappa shape index (κ2) is 8.76. The lowest BCUT2D eigenvalue weighted by atomic mass is 9.95. The number of benzene rings is 2. The first-order chi connectivity index (χ1) is 19.8. The van der Waals surface area contributed by atoms with Gasteiger partial charge in [0.1, 0.15) is 11.4 Å². The highest BCUT2D eigenvalue weighted by Gasteiger charge is 2.39. The van der Waals surface area contributed by atoms with Gasteiger partial charge in [-0.05, 0) is 62.4 Å². The largest absolute Gasteiger partial charge is 0.482 e. The van der Waals surface area contributed by atoms with Crippen LogP contribution in [-0.2, 0) is 5.60 Å². The van der Waals surface area contributed by atoms with Crippen LogP contribution in [0.5, 0.6) is 5.75 Å². The van der Waals surface area contributed by atoms with Crippen molar-refractivity contribution < 1.29 is 41.5 Å². The van der Waals surface area contributed by atoms with E-state index in [9.17, 15) is 36.7 Å². The van der Waals surface area contributed by atoms with E-state index in [1.165, 1.54) is 34.8 Å². The molecule has 0 spiro atoms. The minimum absolute atomic E-state index is 0.197. The van der Waals surface area contributed by atoms with E-state index in [-0.39, 0.29) is 33.4 Å². The third-order valence-corrected chi connectivity index (χ3v) is 9.65. The number of halogens is 4. The van der Waals surface area contributed by atoms with Crippen molar-refractivity contribution in [3.05, 3.63) is 108 Å². The molecule has 5 nitrogen and oxygen atoms in total. The van der Waals surface area contributed by atoms with Gasteiger partial charge < -0.3 is 4.74 Å². The fraction of sp³-hybridized carbons (Fsp3) is 0.0968. The summed E-state index contributed by atoms with van der Waals surface area (Å²) in [5, 5.41) is 0. The van der Waals surface area contributed by atoms with E-state index in [0.29, 0.717) is 20.4 Å². The first-order valence-electron chi connectivity index (χ1n) is 12.4. The Morgan fingerprint density at radius 1 is 0.595 bits per heavy atom. The molecule has 0 fully saturated rings. The summed E-state index contributed by atoms with van der Waals surface area (Å²) in [6.07, 6.45) is 2.75. The van der Waals surface area contributed by atoms with Gasteiger partial charge in [-0.25, -0.2) is 17.6 Å². The first-order valence-corrected chi connectivity index (χ1v) is 14.0. The number of thiophene rings is 2. The Balaban J connectivity index is 1.27. The predicted octanol–water partition coefficient (Wildman–Crippen LogP) is 7.59. The number of hydrogen-bond donors (Lipinski definition) is 0. The van der Waals surface area contributed by atoms with Crippen molar-refractivity contribution in [1.29, 1.82) is 0 Å². The lowest BCUT2D eigenvalue weighted by molar-refractivity contribution is 0.0974. The molecule has 208 valence electrons. The van der Waals surface area contributed by atoms with Crippen LogP contribution in [0, 0.1) is 23.3 Å². The highest BCUT2D eigenvalue weighted by Crippen LogP contribution is 2.53. The molecule has 11 heteroatoms. The Morgan fingerprint density at radius 2 is 0.976 bits per heavy atom. The van der Waals surface area contributed by atoms with E-state index in [1.807, 2.05) is 13.8 Å². The molecule has 0 amide bonds. The fourth-order valence-corrected chi connectivity index (χ4v) is 7.73. The third kappa shape index (κ3) is 3.73. The average molecular weight is 607 g/mol. The smallest absolute Gasteiger partial charge is 0.197 e. The van der Waals surface area contributed by atoms with Crippen LogP contribution in [0.2, 0.25) is 0 Å². The number of carbonyl (C=O) groups is 4. The molecule has 7 rings (SSSR count). The van der Waals surface area contributed by atoms with Gasteiger partial charge in [0, 0.05) is 37.6 Å². The molecule has 0 N–H and O–H groups in total. The summed E-state index contributed by atoms with van der Waals surface area (Å²) >= 11 is 2.49. The van der Waals surface area contributed by atoms with Gasteiger partial charge in [0.15, 0.2) is 46.4 Å². The minimum atomic E-state index is -1.22. The minimum Gasteiger partial charge on any atom is -0.482 e. The maximum Gasteiger partial charge on any atom is 0.197 e. The van der Waals surface area contributed by atoms with E-state index in [0.717, 1.165) is 34.7 Å². The number of ether oxygens (including phenoxy) is 1. The topological polar surface area (TPSA) is 77.5 Å². The predicted molar refractivity (Wildman–Crippen MR) is 147 cm³/mol. The van der Waals surface area contributed by atoms with Gasteiger partial charge in [-0.2, -0.15) is 0 Å². The van der Waals surface area contributed by atoms with Gasteiger partial charge in [-0.15, -0.1) is 22.7 Å². The fourth-order valence-electron chi connectivity index (χ4n) is 5.30. The molecular formula is C31H14F4O5S2. The van der Waals surface area contributed by atoms with Crippen molar-refractivity contribution in [1.82, 2.24) is 0 Å². The van der Waals surface area contributed by atoms with E-state index in [4.69, 9.17) is 4.74 Å². The normalized spacial score (nSPS) is 16.3. The Bertz CT molecular complexity index is 1970. The van der Waals surface area contributed by atoms with Crippen LogP contribution in [0.1, 0.15) is 70.6 Å². The molecule has 2 aromatic carbocycles. The maximum absolute atomic E-state index is 13.7. The Kier molecular flexibility index (Phi) is 5.51. The molecule has 0 bridgehead atoms. The molecule has 2 aliphatic carbocycles. The van der Waals surface area contributed by atoms with Crippen LogP contribution in [0.4, 0.5) is 17.6 Å². The molecule has 2 aromatic heterocycles. The van der Waals surface area contributed by atoms with E-state index < -0.39 is 52.0 Å². The maximum atomic E-state index is 13.7. The zero-order valence-corrected chi connectivity index (χ0v) is 23.1. The molecule has 4 aromatic rings. The highest BCUT2D eigenvalue weighted by atomic mass is 32.1. The number of ketones is 4. The molecule has 1 aliphatic heterocycles. The molecule has 0 saturated carbocycles. The van der Waals surface area contributed by atoms with E-state index in [1.54, 1.807) is 12.1 Å². The molecule has 0 unspecified atom stereocenters. The number of hydrogen-bond acceptors (Lipinski definition) is 7. The van der Waals surface area contributed by atoms with Crippen LogP contribution in [-0.4, -0.2) is 23.1 Å². The van der Waals surface area contributed by atoms with Gasteiger partial charge in [0.25, 0.3) is 0 Å². The molecule has 3 aliphatic rings. The average Bonchev–Trinajstić information content (AvgIpc) is 3.64. The standard InChI is InChI=1S/C31H14F4O5S2/c1-31(2)19-5-11(3-17-25(36)13-7-20(32)21(33)8-14(13)26(17)37)41-29(19)30-24(40-31)6-12(42-30)4-18-27(38)15-9-22(34)23(35)10-16(15)28(18)39/h3-10H,1-2H3. The Morgan fingerprint density at radius 3 is 1.40 bits per heavy atom. The van der Waals surface area contributed by atoms with Gasteiger partial charge >= 0.3 is 0 Å². The van der Waals surface area contributed by atoms with Crippen LogP contribution >= 0.6 is 22.7 Å². The Labute approximate surface area is 242 Å². The van der Waals surface area contributed by atoms with E-state index >= 15 is 0 Å². The van der Waals surface area contributed by atoms with Crippen molar-refractivity contribution >= 4 is 58.0 Å². The van der Waals surface area contributed by atoms with Crippen molar-refractivity contribution in [2.45, 2.75) is 19.4 Å². The summed E-state index contributed by atoms with van der Waals surface area (Å²) in [4.78, 5) is 53.9. The molecule has 0 atom stereocenters. The number of fused-ring (bicyclic) bond motifs is 5. The van der Waals surface area contributed by atoms with Crippen molar-refractivity contribution in [3.8, 4) is 15.5 Å². The molecule has 0 saturated heterocycles. The van der Waals surface area contributed by atoms with Crippen LogP contribution in [0.3, 0.4) is 0 Å². The lowest BCUT2D eigenvalue weighted by Gasteiger charge is -2.31. The van der Waals surface area contributed by atoms with Crippen LogP contribution in [0.25, 0.3) is 21.9 Å². The van der Waals surface area contributed by atoms with Crippen LogP contribution < -0.4 is 4.74 Å². The van der Waals surface area contributed by atoms with Gasteiger partial charge in [-0.1, -0.05) is 0 Å². The van der Waals surface area contributed by atoms with Gasteiger partial charge in [0.05, 0.1) is 20.9 Å². The van der Waals surface area contributed by atoms with E-state index in [2.05, 4.69) is 0 Å². The summed E-state index contributed by atoms with van der Waals surface area (Å²) in [6, 6.07) is 6.31. The summed E-state index contributed by atoms with van der Waals surface area (Å²) < 4.78 is 61.2. The number of allylic oxidation sites excluding steroid dienone is 2. The highest BCUT2D eigenvalue weighted by molar-refractivity contribution is 7.23. The number of rotatable bonds is 2. The Hall–Kier alpha value is -4.48. The summed E-state index contributed by atoms with van der Waals surface area (Å²) in [7, 11) is 0. The zero-order valence-electron chi connectivity index (χ0n) is 21.5. The second-order valence-electron chi connectivity index (χ2n) is 10.4. The first kappa shape index (κ1) is 26.4. The summed E-state index contributed by atoms with van der Waals surface area (Å²) in [5.41, 5.74) is -1.33. The monoisotopic (exact) mass is 606 g/mol. The van der Waals surface area contributed by atoms with Crippen molar-refractivity contribution in [3.63, 3.8) is 0 Å². The van der Waals surface area contributed by atoms with Gasteiger partial charge in [0.2, 0.25) is 0 Å². The number of Topliss-reactive ketones (excluding diaryl/α,β-unsaturated/α-hetero) is 4. The third-order valence-electron chi connectivity index (χ3n) is 7.34. The lowest BCUT2D eigenvalue weighted by Crippen LogP contribution is -2.27. The molecule has 42 heavy (non-hydrogen) atoms. The molecule has 3 heterocycles. The second-order valence-corrected chi connectivity index (χ2v) is 12.6. The SMILES string of the molecule is CC1(C)Oc2cc(C=C3C(=O)c4cc(F)c(F)cc4C3=O)sc2-c2sc(C=C3C(=O)c4cc(F)c(F)cc4C3=O)cc21. The quantitative estimate of drug-likeness (QED) is 0.134. The molecule has 0 radical (unpaired) electrons. The molecular weight excluding hydrogens is 592 g/mol. The van der Waals surface area contributed by atoms with Gasteiger partial charge in [-0.3, -0.25) is 19.2 Å². The number of carbonyl (C=O) groups excluding carboxylic acids is 4.